The summed E-state index contributed by atoms with van der Waals surface area (Å²) in [6.07, 6.45) is 3.70. The van der Waals surface area contributed by atoms with Crippen molar-refractivity contribution >= 4 is 29.5 Å². The van der Waals surface area contributed by atoms with Crippen LogP contribution in [-0.4, -0.2) is 17.2 Å². The summed E-state index contributed by atoms with van der Waals surface area (Å²) in [5.41, 5.74) is 1.54. The minimum Gasteiger partial charge on any atom is -0.507 e. The van der Waals surface area contributed by atoms with Crippen LogP contribution in [0.3, 0.4) is 0 Å². The predicted molar refractivity (Wildman–Crippen MR) is 75.9 cm³/mol. The molecule has 1 heterocycles. The van der Waals surface area contributed by atoms with E-state index < -0.39 is 0 Å². The van der Waals surface area contributed by atoms with E-state index in [9.17, 15) is 14.7 Å². The molecule has 0 aliphatic carbocycles. The number of thiophene rings is 1. The fourth-order valence-corrected chi connectivity index (χ4v) is 2.34. The number of carbonyl (C=O) groups excluding carboxylic acids is 2. The lowest BCUT2D eigenvalue weighted by molar-refractivity contribution is 0.105. The number of hydrogen-bond acceptors (Lipinski definition) is 4. The number of aromatic hydroxyl groups is 1. The summed E-state index contributed by atoms with van der Waals surface area (Å²) in [5.74, 6) is -0.0925. The van der Waals surface area contributed by atoms with Gasteiger partial charge in [-0.25, -0.2) is 0 Å². The number of ketones is 1. The first kappa shape index (κ1) is 13.2. The summed E-state index contributed by atoms with van der Waals surface area (Å²) in [6, 6.07) is 6.85. The number of hydrogen-bond donors (Lipinski definition) is 1. The fourth-order valence-electron chi connectivity index (χ4n) is 1.69. The molecule has 2 aromatic rings. The Hall–Kier alpha value is -2.20. The van der Waals surface area contributed by atoms with Crippen LogP contribution in [0.1, 0.15) is 31.2 Å². The Morgan fingerprint density at radius 1 is 1.37 bits per heavy atom. The lowest BCUT2D eigenvalue weighted by Gasteiger charge is -2.03. The highest BCUT2D eigenvalue weighted by atomic mass is 32.1. The van der Waals surface area contributed by atoms with E-state index >= 15 is 0 Å². The Kier molecular flexibility index (Phi) is 3.92. The molecule has 3 nitrogen and oxygen atoms in total. The molecular formula is C15H12O3S. The van der Waals surface area contributed by atoms with Gasteiger partial charge in [0.15, 0.2) is 12.1 Å². The van der Waals surface area contributed by atoms with Gasteiger partial charge < -0.3 is 5.11 Å². The maximum atomic E-state index is 11.8. The summed E-state index contributed by atoms with van der Waals surface area (Å²) in [7, 11) is 0. The lowest BCUT2D eigenvalue weighted by Crippen LogP contribution is -1.90. The van der Waals surface area contributed by atoms with Crippen molar-refractivity contribution in [2.75, 3.05) is 0 Å². The molecule has 1 N–H and O–H groups in total. The van der Waals surface area contributed by atoms with Crippen LogP contribution in [0.4, 0.5) is 0 Å². The van der Waals surface area contributed by atoms with Crippen molar-refractivity contribution in [1.29, 1.82) is 0 Å². The smallest absolute Gasteiger partial charge is 0.195 e. The molecular weight excluding hydrogens is 260 g/mol. The molecule has 0 spiro atoms. The van der Waals surface area contributed by atoms with Crippen molar-refractivity contribution in [1.82, 2.24) is 0 Å². The Morgan fingerprint density at radius 2 is 2.16 bits per heavy atom. The van der Waals surface area contributed by atoms with Crippen molar-refractivity contribution in [2.45, 2.75) is 6.92 Å². The first-order chi connectivity index (χ1) is 9.11. The van der Waals surface area contributed by atoms with Gasteiger partial charge in [-0.05, 0) is 47.7 Å². The first-order valence-corrected chi connectivity index (χ1v) is 6.54. The Labute approximate surface area is 114 Å². The van der Waals surface area contributed by atoms with Gasteiger partial charge in [-0.3, -0.25) is 9.59 Å². The largest absolute Gasteiger partial charge is 0.507 e. The quantitative estimate of drug-likeness (QED) is 0.526. The van der Waals surface area contributed by atoms with Gasteiger partial charge in [0.05, 0.1) is 10.4 Å². The normalized spacial score (nSPS) is 10.8. The van der Waals surface area contributed by atoms with E-state index in [1.54, 1.807) is 31.2 Å². The molecule has 0 unspecified atom stereocenters. The molecule has 0 aliphatic heterocycles. The Balaban J connectivity index is 2.26. The average Bonchev–Trinajstić information content (AvgIpc) is 2.93. The maximum Gasteiger partial charge on any atom is 0.195 e. The number of phenols is 1. The minimum atomic E-state index is -0.0756. The van der Waals surface area contributed by atoms with E-state index in [0.717, 1.165) is 0 Å². The predicted octanol–water partition coefficient (Wildman–Crippen LogP) is 3.47. The summed E-state index contributed by atoms with van der Waals surface area (Å²) < 4.78 is 0. The van der Waals surface area contributed by atoms with Crippen molar-refractivity contribution in [3.63, 3.8) is 0 Å². The third kappa shape index (κ3) is 2.98. The van der Waals surface area contributed by atoms with E-state index in [4.69, 9.17) is 0 Å². The average molecular weight is 272 g/mol. The van der Waals surface area contributed by atoms with E-state index in [1.807, 2.05) is 11.4 Å². The second kappa shape index (κ2) is 5.63. The number of aryl methyl sites for hydroxylation is 1. The Morgan fingerprint density at radius 3 is 2.79 bits per heavy atom. The highest BCUT2D eigenvalue weighted by Gasteiger charge is 2.06. The molecule has 1 aromatic carbocycles. The number of phenolic OH excluding ortho intramolecular Hbond substituents is 1. The van der Waals surface area contributed by atoms with E-state index in [1.165, 1.54) is 17.4 Å². The standard InChI is InChI=1S/C15H12O3S/c1-10-7-11(8-12(9-16)15(10)18)4-5-13(17)14-3-2-6-19-14/h2-9,18H,1H3/b5-4+. The van der Waals surface area contributed by atoms with Gasteiger partial charge in [-0.1, -0.05) is 12.1 Å². The molecule has 0 saturated heterocycles. The SMILES string of the molecule is Cc1cc(/C=C/C(=O)c2cccs2)cc(C=O)c1O. The van der Waals surface area contributed by atoms with Gasteiger partial charge in [-0.15, -0.1) is 11.3 Å². The van der Waals surface area contributed by atoms with Gasteiger partial charge in [0.1, 0.15) is 5.75 Å². The lowest BCUT2D eigenvalue weighted by atomic mass is 10.0. The van der Waals surface area contributed by atoms with Crippen LogP contribution < -0.4 is 0 Å². The van der Waals surface area contributed by atoms with Crippen molar-refractivity contribution in [3.05, 3.63) is 57.3 Å². The second-order valence-electron chi connectivity index (χ2n) is 4.07. The van der Waals surface area contributed by atoms with Gasteiger partial charge in [0.25, 0.3) is 0 Å². The summed E-state index contributed by atoms with van der Waals surface area (Å²) in [5, 5.41) is 11.5. The second-order valence-corrected chi connectivity index (χ2v) is 5.02. The summed E-state index contributed by atoms with van der Waals surface area (Å²) >= 11 is 1.38. The first-order valence-electron chi connectivity index (χ1n) is 5.66. The molecule has 0 saturated carbocycles. The number of benzene rings is 1. The monoisotopic (exact) mass is 272 g/mol. The molecule has 0 atom stereocenters. The molecule has 0 aliphatic rings. The maximum absolute atomic E-state index is 11.8. The third-order valence-corrected chi connectivity index (χ3v) is 3.55. The van der Waals surface area contributed by atoms with Crippen molar-refractivity contribution < 1.29 is 14.7 Å². The molecule has 0 radical (unpaired) electrons. The van der Waals surface area contributed by atoms with Crippen LogP contribution in [0.2, 0.25) is 0 Å². The van der Waals surface area contributed by atoms with Crippen LogP contribution in [0, 0.1) is 6.92 Å². The van der Waals surface area contributed by atoms with Gasteiger partial charge in [0, 0.05) is 0 Å². The number of carbonyl (C=O) groups is 2. The van der Waals surface area contributed by atoms with Crippen LogP contribution >= 0.6 is 11.3 Å². The van der Waals surface area contributed by atoms with Gasteiger partial charge in [-0.2, -0.15) is 0 Å². The molecule has 2 rings (SSSR count). The van der Waals surface area contributed by atoms with Crippen molar-refractivity contribution in [3.8, 4) is 5.75 Å². The third-order valence-electron chi connectivity index (χ3n) is 2.67. The molecule has 0 amide bonds. The Bertz CT molecular complexity index is 640. The number of aldehydes is 1. The van der Waals surface area contributed by atoms with Crippen LogP contribution in [0.15, 0.2) is 35.7 Å². The molecule has 0 fully saturated rings. The number of allylic oxidation sites excluding steroid dienone is 1. The minimum absolute atomic E-state index is 0.0169. The van der Waals surface area contributed by atoms with Crippen LogP contribution in [0.5, 0.6) is 5.75 Å². The molecule has 1 aromatic heterocycles. The van der Waals surface area contributed by atoms with E-state index in [2.05, 4.69) is 0 Å². The van der Waals surface area contributed by atoms with Crippen LogP contribution in [-0.2, 0) is 0 Å². The fraction of sp³-hybridized carbons (Fsp3) is 0.0667. The zero-order chi connectivity index (χ0) is 13.8. The molecule has 4 heteroatoms. The molecule has 19 heavy (non-hydrogen) atoms. The highest BCUT2D eigenvalue weighted by molar-refractivity contribution is 7.12. The van der Waals surface area contributed by atoms with Crippen LogP contribution in [0.25, 0.3) is 6.08 Å². The number of rotatable bonds is 4. The van der Waals surface area contributed by atoms with Gasteiger partial charge in [0.2, 0.25) is 0 Å². The summed E-state index contributed by atoms with van der Waals surface area (Å²) in [6.45, 7) is 1.71. The topological polar surface area (TPSA) is 54.4 Å². The van der Waals surface area contributed by atoms with Crippen molar-refractivity contribution in [2.24, 2.45) is 0 Å². The zero-order valence-electron chi connectivity index (χ0n) is 10.3. The molecule has 0 bridgehead atoms. The van der Waals surface area contributed by atoms with Gasteiger partial charge >= 0.3 is 0 Å². The van der Waals surface area contributed by atoms with E-state index in [-0.39, 0.29) is 17.1 Å². The zero-order valence-corrected chi connectivity index (χ0v) is 11.1. The molecule has 96 valence electrons. The van der Waals surface area contributed by atoms with E-state index in [0.29, 0.717) is 22.3 Å². The summed E-state index contributed by atoms with van der Waals surface area (Å²) in [4.78, 5) is 23.3. The highest BCUT2D eigenvalue weighted by Crippen LogP contribution is 2.23.